The monoisotopic (exact) mass is 566 g/mol. The Balaban J connectivity index is 1.70. The van der Waals surface area contributed by atoms with Gasteiger partial charge in [0.2, 0.25) is 0 Å². The first-order valence-corrected chi connectivity index (χ1v) is 13.8. The Morgan fingerprint density at radius 3 is 2.15 bits per heavy atom. The van der Waals surface area contributed by atoms with Crippen LogP contribution in [0.4, 0.5) is 4.79 Å². The van der Waals surface area contributed by atoms with Crippen molar-refractivity contribution in [3.63, 3.8) is 0 Å². The number of piperazine rings is 1. The fraction of sp³-hybridized carbons (Fsp3) is 0.333. The van der Waals surface area contributed by atoms with E-state index in [-0.39, 0.29) is 18.2 Å². The van der Waals surface area contributed by atoms with E-state index < -0.39 is 6.04 Å². The lowest BCUT2D eigenvalue weighted by atomic mass is 9.93. The van der Waals surface area contributed by atoms with Crippen molar-refractivity contribution < 1.29 is 14.3 Å². The summed E-state index contributed by atoms with van der Waals surface area (Å²) in [6.45, 7) is 6.64. The molecule has 1 saturated heterocycles. The second-order valence-corrected chi connectivity index (χ2v) is 10.7. The molecule has 7 nitrogen and oxygen atoms in total. The smallest absolute Gasteiger partial charge is 0.326 e. The van der Waals surface area contributed by atoms with Crippen molar-refractivity contribution in [3.8, 4) is 11.5 Å². The van der Waals surface area contributed by atoms with Gasteiger partial charge in [-0.1, -0.05) is 47.5 Å². The molecule has 1 fully saturated rings. The zero-order valence-corrected chi connectivity index (χ0v) is 23.7. The quantitative estimate of drug-likeness (QED) is 0.377. The Hall–Kier alpha value is -3.26. The molecule has 3 aromatic carbocycles. The van der Waals surface area contributed by atoms with Gasteiger partial charge in [0, 0.05) is 42.3 Å². The highest BCUT2D eigenvalue weighted by atomic mass is 35.5. The molecule has 0 radical (unpaired) electrons. The van der Waals surface area contributed by atoms with Crippen molar-refractivity contribution in [2.75, 3.05) is 33.3 Å². The summed E-state index contributed by atoms with van der Waals surface area (Å²) in [5.41, 5.74) is 2.61. The normalized spacial score (nSPS) is 19.3. The molecule has 39 heavy (non-hydrogen) atoms. The summed E-state index contributed by atoms with van der Waals surface area (Å²) in [6.07, 6.45) is -0.0886. The molecule has 2 atom stereocenters. The molecule has 2 aliphatic rings. The molecule has 0 aliphatic carbocycles. The van der Waals surface area contributed by atoms with E-state index >= 15 is 0 Å². The molecule has 204 valence electrons. The topological polar surface area (TPSA) is 66.4 Å². The largest absolute Gasteiger partial charge is 0.497 e. The van der Waals surface area contributed by atoms with Gasteiger partial charge in [0.1, 0.15) is 23.4 Å². The van der Waals surface area contributed by atoms with Gasteiger partial charge < -0.3 is 19.7 Å². The predicted octanol–water partition coefficient (Wildman–Crippen LogP) is 6.36. The number of carbonyl (C=O) groups is 1. The third-order valence-corrected chi connectivity index (χ3v) is 7.38. The number of amides is 2. The summed E-state index contributed by atoms with van der Waals surface area (Å²) >= 11 is 12.5. The molecular weight excluding hydrogens is 535 g/mol. The third kappa shape index (κ3) is 5.86. The van der Waals surface area contributed by atoms with Crippen LogP contribution in [0.25, 0.3) is 0 Å². The zero-order valence-electron chi connectivity index (χ0n) is 22.2. The summed E-state index contributed by atoms with van der Waals surface area (Å²) < 4.78 is 11.7. The van der Waals surface area contributed by atoms with Crippen molar-refractivity contribution in [2.45, 2.75) is 32.0 Å². The Bertz CT molecular complexity index is 1340. The van der Waals surface area contributed by atoms with Gasteiger partial charge in [-0.3, -0.25) is 9.89 Å². The molecule has 5 rings (SSSR count). The van der Waals surface area contributed by atoms with Crippen LogP contribution in [-0.4, -0.2) is 61.1 Å². The number of hydrogen-bond acceptors (Lipinski definition) is 5. The van der Waals surface area contributed by atoms with E-state index in [4.69, 9.17) is 37.7 Å². The number of halogens is 2. The first kappa shape index (κ1) is 27.3. The molecule has 1 N–H and O–H groups in total. The van der Waals surface area contributed by atoms with E-state index in [9.17, 15) is 4.79 Å². The minimum absolute atomic E-state index is 0.0886. The second kappa shape index (κ2) is 11.9. The maximum absolute atomic E-state index is 14.4. The van der Waals surface area contributed by atoms with Gasteiger partial charge in [-0.25, -0.2) is 4.79 Å². The summed E-state index contributed by atoms with van der Waals surface area (Å²) in [4.78, 5) is 23.3. The number of methoxy groups -OCH3 is 1. The van der Waals surface area contributed by atoms with E-state index in [2.05, 4.69) is 5.32 Å². The van der Waals surface area contributed by atoms with Crippen LogP contribution in [0.3, 0.4) is 0 Å². The van der Waals surface area contributed by atoms with Crippen molar-refractivity contribution in [1.29, 1.82) is 0 Å². The number of urea groups is 1. The second-order valence-electron chi connectivity index (χ2n) is 9.86. The fourth-order valence-corrected chi connectivity index (χ4v) is 5.28. The molecular formula is C30H32Cl2N4O3. The van der Waals surface area contributed by atoms with Crippen molar-refractivity contribution in [2.24, 2.45) is 4.99 Å². The molecule has 0 bridgehead atoms. The van der Waals surface area contributed by atoms with Gasteiger partial charge >= 0.3 is 6.03 Å². The summed E-state index contributed by atoms with van der Waals surface area (Å²) in [7, 11) is 1.62. The van der Waals surface area contributed by atoms with Crippen LogP contribution in [-0.2, 0) is 0 Å². The van der Waals surface area contributed by atoms with Crippen LogP contribution in [0, 0.1) is 0 Å². The highest BCUT2D eigenvalue weighted by Gasteiger charge is 2.44. The highest BCUT2D eigenvalue weighted by Crippen LogP contribution is 2.45. The number of nitrogens with zero attached hydrogens (tertiary/aromatic N) is 3. The molecule has 0 aromatic heterocycles. The van der Waals surface area contributed by atoms with Crippen molar-refractivity contribution >= 4 is 35.1 Å². The molecule has 2 amide bonds. The molecule has 3 aromatic rings. The zero-order chi connectivity index (χ0) is 27.5. The molecule has 2 aliphatic heterocycles. The van der Waals surface area contributed by atoms with E-state index in [1.165, 1.54) is 0 Å². The first-order chi connectivity index (χ1) is 18.9. The number of carbonyl (C=O) groups excluding carboxylic acids is 1. The predicted molar refractivity (Wildman–Crippen MR) is 155 cm³/mol. The molecule has 2 heterocycles. The van der Waals surface area contributed by atoms with Gasteiger partial charge in [0.05, 0.1) is 24.8 Å². The summed E-state index contributed by atoms with van der Waals surface area (Å²) in [5.74, 6) is 1.82. The van der Waals surface area contributed by atoms with Gasteiger partial charge in [0.25, 0.3) is 0 Å². The Labute approximate surface area is 239 Å². The highest BCUT2D eigenvalue weighted by molar-refractivity contribution is 6.30. The van der Waals surface area contributed by atoms with Crippen molar-refractivity contribution in [3.05, 3.63) is 93.5 Å². The first-order valence-electron chi connectivity index (χ1n) is 13.1. The maximum Gasteiger partial charge on any atom is 0.326 e. The van der Waals surface area contributed by atoms with Gasteiger partial charge in [-0.2, -0.15) is 0 Å². The number of nitrogens with one attached hydrogen (secondary N) is 1. The summed E-state index contributed by atoms with van der Waals surface area (Å²) in [6, 6.07) is 20.0. The maximum atomic E-state index is 14.4. The number of aliphatic imine (C=N–C) groups is 1. The lowest BCUT2D eigenvalue weighted by Crippen LogP contribution is -2.53. The molecule has 9 heteroatoms. The van der Waals surface area contributed by atoms with E-state index in [1.54, 1.807) is 7.11 Å². The minimum Gasteiger partial charge on any atom is -0.497 e. The molecule has 0 spiro atoms. The molecule has 0 unspecified atom stereocenters. The van der Waals surface area contributed by atoms with Crippen LogP contribution in [0.1, 0.15) is 42.6 Å². The lowest BCUT2D eigenvalue weighted by Gasteiger charge is -2.36. The van der Waals surface area contributed by atoms with Crippen LogP contribution in [0.2, 0.25) is 10.0 Å². The Morgan fingerprint density at radius 2 is 1.56 bits per heavy atom. The van der Waals surface area contributed by atoms with Crippen LogP contribution in [0.15, 0.2) is 71.7 Å². The average Bonchev–Trinajstić information content (AvgIpc) is 3.33. The van der Waals surface area contributed by atoms with E-state index in [0.717, 1.165) is 29.8 Å². The summed E-state index contributed by atoms with van der Waals surface area (Å²) in [5, 5.41) is 4.60. The third-order valence-electron chi connectivity index (χ3n) is 6.88. The van der Waals surface area contributed by atoms with Gasteiger partial charge in [0.15, 0.2) is 0 Å². The van der Waals surface area contributed by atoms with Crippen LogP contribution >= 0.6 is 23.2 Å². The number of rotatable bonds is 6. The van der Waals surface area contributed by atoms with Crippen molar-refractivity contribution in [1.82, 2.24) is 15.1 Å². The van der Waals surface area contributed by atoms with E-state index in [0.29, 0.717) is 40.5 Å². The average molecular weight is 568 g/mol. The number of hydrogen-bond donors (Lipinski definition) is 1. The Morgan fingerprint density at radius 1 is 0.949 bits per heavy atom. The number of benzene rings is 3. The molecule has 0 saturated carbocycles. The Kier molecular flexibility index (Phi) is 8.31. The van der Waals surface area contributed by atoms with Gasteiger partial charge in [-0.15, -0.1) is 0 Å². The number of amidine groups is 1. The van der Waals surface area contributed by atoms with E-state index in [1.807, 2.05) is 90.4 Å². The standard InChI is InChI=1S/C30H32Cl2N4O3/c1-19(2)39-26-18-24(38-3)12-13-25(26)29-34-27(20-4-8-22(31)9-5-20)28(21-6-10-23(32)11-7-21)36(29)30(37)35-16-14-33-15-17-35/h4-13,18-19,27-28,33H,14-17H2,1-3H3/t27-,28+/m0/s1. The fourth-order valence-electron chi connectivity index (χ4n) is 5.03. The lowest BCUT2D eigenvalue weighted by molar-refractivity contribution is 0.157. The van der Waals surface area contributed by atoms with Crippen LogP contribution < -0.4 is 14.8 Å². The van der Waals surface area contributed by atoms with Gasteiger partial charge in [-0.05, 0) is 61.4 Å². The number of ether oxygens (including phenoxy) is 2. The minimum atomic E-state index is -0.408. The van der Waals surface area contributed by atoms with Crippen LogP contribution in [0.5, 0.6) is 11.5 Å². The SMILES string of the molecule is COc1ccc(C2=N[C@@H](c3ccc(Cl)cc3)[C@@H](c3ccc(Cl)cc3)N2C(=O)N2CCNCC2)c(OC(C)C)c1.